The summed E-state index contributed by atoms with van der Waals surface area (Å²) in [5, 5.41) is 2.80. The SMILES string of the molecule is CN1CCC(NC=O)C1=O.Cc1ccc(C2=NSC(c3cc(Cl)cc(Cl)c3)(C(F)(F)F)C2)cc1C. The van der Waals surface area contributed by atoms with Crippen molar-refractivity contribution in [2.75, 3.05) is 13.6 Å². The van der Waals surface area contributed by atoms with Gasteiger partial charge in [-0.15, -0.1) is 0 Å². The lowest BCUT2D eigenvalue weighted by Gasteiger charge is -2.30. The van der Waals surface area contributed by atoms with E-state index in [4.69, 9.17) is 23.2 Å². The van der Waals surface area contributed by atoms with E-state index in [2.05, 4.69) is 9.71 Å². The molecule has 1 N–H and O–H groups in total. The van der Waals surface area contributed by atoms with Crippen molar-refractivity contribution in [3.8, 4) is 0 Å². The molecule has 2 heterocycles. The Morgan fingerprint density at radius 2 is 1.80 bits per heavy atom. The molecule has 0 bridgehead atoms. The number of nitrogens with zero attached hydrogens (tertiary/aromatic N) is 2. The third-order valence-electron chi connectivity index (χ3n) is 6.05. The van der Waals surface area contributed by atoms with Gasteiger partial charge in [-0.1, -0.05) is 35.3 Å². The second-order valence-corrected chi connectivity index (χ2v) is 10.4. The molecule has 2 aromatic carbocycles. The molecule has 2 unspecified atom stereocenters. The Hall–Kier alpha value is -2.23. The molecule has 4 rings (SSSR count). The summed E-state index contributed by atoms with van der Waals surface area (Å²) in [5.41, 5.74) is 3.24. The van der Waals surface area contributed by atoms with Gasteiger partial charge in [0, 0.05) is 30.1 Å². The molecule has 188 valence electrons. The minimum Gasteiger partial charge on any atom is -0.347 e. The summed E-state index contributed by atoms with van der Waals surface area (Å²) in [6.45, 7) is 4.62. The number of carbonyl (C=O) groups is 2. The van der Waals surface area contributed by atoms with E-state index in [1.54, 1.807) is 18.0 Å². The lowest BCUT2D eigenvalue weighted by atomic mass is 9.89. The number of alkyl halides is 3. The maximum absolute atomic E-state index is 14.0. The van der Waals surface area contributed by atoms with Gasteiger partial charge in [-0.05, 0) is 78.7 Å². The normalized spacial score (nSPS) is 21.9. The van der Waals surface area contributed by atoms with E-state index in [0.29, 0.717) is 29.6 Å². The van der Waals surface area contributed by atoms with Gasteiger partial charge < -0.3 is 10.2 Å². The Kier molecular flexibility index (Phi) is 8.44. The molecule has 2 aliphatic heterocycles. The van der Waals surface area contributed by atoms with Crippen molar-refractivity contribution in [3.63, 3.8) is 0 Å². The number of nitrogens with one attached hydrogen (secondary N) is 1. The number of aryl methyl sites for hydroxylation is 2. The van der Waals surface area contributed by atoms with Crippen LogP contribution >= 0.6 is 35.1 Å². The minimum atomic E-state index is -4.50. The van der Waals surface area contributed by atoms with Crippen LogP contribution in [0.2, 0.25) is 10.0 Å². The average molecular weight is 546 g/mol. The van der Waals surface area contributed by atoms with Gasteiger partial charge in [0.05, 0.1) is 5.71 Å². The molecule has 2 amide bonds. The van der Waals surface area contributed by atoms with Crippen LogP contribution in [0.1, 0.15) is 35.1 Å². The van der Waals surface area contributed by atoms with Gasteiger partial charge in [0.25, 0.3) is 0 Å². The fourth-order valence-electron chi connectivity index (χ4n) is 3.83. The van der Waals surface area contributed by atoms with Crippen molar-refractivity contribution >= 4 is 53.2 Å². The Labute approximate surface area is 216 Å². The molecular weight excluding hydrogens is 522 g/mol. The first-order valence-corrected chi connectivity index (χ1v) is 12.2. The highest BCUT2D eigenvalue weighted by Gasteiger charge is 2.60. The van der Waals surface area contributed by atoms with Crippen LogP contribution in [0.5, 0.6) is 0 Å². The summed E-state index contributed by atoms with van der Waals surface area (Å²) >= 11 is 12.4. The number of hydrogen-bond donors (Lipinski definition) is 1. The third-order valence-corrected chi connectivity index (χ3v) is 7.72. The standard InChI is InChI=1S/C18H14Cl2F3NS.C6H10N2O2/c1-10-3-4-12(5-11(10)2)16-9-17(25-24-16,18(21,22)23)13-6-14(19)8-15(20)7-13;1-8-3-2-5(6(8)10)7-4-9/h3-8H,9H2,1-2H3;4-5H,2-3H2,1H3,(H,7,9). The van der Waals surface area contributed by atoms with E-state index >= 15 is 0 Å². The van der Waals surface area contributed by atoms with E-state index in [9.17, 15) is 22.8 Å². The zero-order valence-electron chi connectivity index (χ0n) is 19.2. The van der Waals surface area contributed by atoms with Crippen molar-refractivity contribution in [1.29, 1.82) is 0 Å². The molecule has 0 spiro atoms. The molecule has 1 fully saturated rings. The Balaban J connectivity index is 0.000000287. The van der Waals surface area contributed by atoms with E-state index in [1.807, 2.05) is 26.0 Å². The molecule has 5 nitrogen and oxygen atoms in total. The van der Waals surface area contributed by atoms with E-state index < -0.39 is 10.9 Å². The number of likely N-dealkylation sites (N-methyl/N-ethyl adjacent to an activating group) is 1. The van der Waals surface area contributed by atoms with Crippen LogP contribution < -0.4 is 5.32 Å². The summed E-state index contributed by atoms with van der Waals surface area (Å²) in [6, 6.07) is 9.33. The van der Waals surface area contributed by atoms with Gasteiger partial charge in [-0.3, -0.25) is 9.59 Å². The highest BCUT2D eigenvalue weighted by atomic mass is 35.5. The molecule has 1 saturated heterocycles. The number of rotatable bonds is 4. The quantitative estimate of drug-likeness (QED) is 0.386. The Bertz CT molecular complexity index is 1140. The van der Waals surface area contributed by atoms with Crippen LogP contribution in [0.3, 0.4) is 0 Å². The van der Waals surface area contributed by atoms with Crippen molar-refractivity contribution in [2.24, 2.45) is 4.40 Å². The van der Waals surface area contributed by atoms with Crippen LogP contribution in [-0.4, -0.2) is 48.7 Å². The predicted octanol–water partition coefficient (Wildman–Crippen LogP) is 5.87. The number of halogens is 5. The first kappa shape index (κ1) is 27.4. The van der Waals surface area contributed by atoms with Crippen LogP contribution in [0.25, 0.3) is 0 Å². The minimum absolute atomic E-state index is 0.00657. The maximum atomic E-state index is 14.0. The number of likely N-dealkylation sites (tertiary alicyclic amines) is 1. The number of carbonyl (C=O) groups excluding carboxylic acids is 2. The summed E-state index contributed by atoms with van der Waals surface area (Å²) in [6.07, 6.45) is -3.47. The average Bonchev–Trinajstić information content (AvgIpc) is 3.36. The fourth-order valence-corrected chi connectivity index (χ4v) is 5.32. The molecule has 35 heavy (non-hydrogen) atoms. The Morgan fingerprint density at radius 1 is 1.14 bits per heavy atom. The van der Waals surface area contributed by atoms with Crippen molar-refractivity contribution < 1.29 is 22.8 Å². The van der Waals surface area contributed by atoms with Crippen molar-refractivity contribution in [2.45, 2.75) is 43.7 Å². The molecule has 0 aromatic heterocycles. The highest BCUT2D eigenvalue weighted by molar-refractivity contribution is 7.99. The van der Waals surface area contributed by atoms with Gasteiger partial charge in [0.2, 0.25) is 12.3 Å². The molecule has 0 radical (unpaired) electrons. The van der Waals surface area contributed by atoms with E-state index in [-0.39, 0.29) is 34.0 Å². The van der Waals surface area contributed by atoms with Crippen molar-refractivity contribution in [3.05, 3.63) is 68.7 Å². The smallest absolute Gasteiger partial charge is 0.347 e. The first-order valence-electron chi connectivity index (χ1n) is 10.7. The topological polar surface area (TPSA) is 61.8 Å². The Morgan fingerprint density at radius 3 is 2.31 bits per heavy atom. The molecule has 0 saturated carbocycles. The van der Waals surface area contributed by atoms with Gasteiger partial charge in [-0.2, -0.15) is 13.2 Å². The number of benzene rings is 2. The van der Waals surface area contributed by atoms with Gasteiger partial charge in [0.1, 0.15) is 6.04 Å². The number of hydrogen-bond acceptors (Lipinski definition) is 4. The molecule has 11 heteroatoms. The van der Waals surface area contributed by atoms with Crippen LogP contribution in [0.4, 0.5) is 13.2 Å². The molecule has 0 aliphatic carbocycles. The maximum Gasteiger partial charge on any atom is 0.409 e. The van der Waals surface area contributed by atoms with Gasteiger partial charge >= 0.3 is 6.18 Å². The lowest BCUT2D eigenvalue weighted by Crippen LogP contribution is -2.38. The van der Waals surface area contributed by atoms with Crippen LogP contribution in [0, 0.1) is 13.8 Å². The summed E-state index contributed by atoms with van der Waals surface area (Å²) in [7, 11) is 1.73. The summed E-state index contributed by atoms with van der Waals surface area (Å²) < 4.78 is 44.0. The first-order chi connectivity index (χ1) is 16.4. The monoisotopic (exact) mass is 545 g/mol. The zero-order valence-corrected chi connectivity index (χ0v) is 21.6. The third kappa shape index (κ3) is 5.95. The predicted molar refractivity (Wildman–Crippen MR) is 134 cm³/mol. The van der Waals surface area contributed by atoms with E-state index in [0.717, 1.165) is 24.1 Å². The summed E-state index contributed by atoms with van der Waals surface area (Å²) in [5.74, 6) is 0.00657. The number of amides is 2. The highest BCUT2D eigenvalue weighted by Crippen LogP contribution is 2.57. The fraction of sp³-hybridized carbons (Fsp3) is 0.375. The zero-order chi connectivity index (χ0) is 26.0. The lowest BCUT2D eigenvalue weighted by molar-refractivity contribution is -0.159. The molecule has 2 aliphatic rings. The molecular formula is C24H24Cl2F3N3O2S. The van der Waals surface area contributed by atoms with Crippen molar-refractivity contribution in [1.82, 2.24) is 10.2 Å². The van der Waals surface area contributed by atoms with Gasteiger partial charge in [-0.25, -0.2) is 4.40 Å². The summed E-state index contributed by atoms with van der Waals surface area (Å²) in [4.78, 5) is 22.5. The van der Waals surface area contributed by atoms with Crippen LogP contribution in [-0.2, 0) is 14.3 Å². The second-order valence-electron chi connectivity index (χ2n) is 8.47. The van der Waals surface area contributed by atoms with Crippen LogP contribution in [0.15, 0.2) is 40.8 Å². The van der Waals surface area contributed by atoms with E-state index in [1.165, 1.54) is 18.2 Å². The molecule has 2 aromatic rings. The second kappa shape index (κ2) is 10.8. The van der Waals surface area contributed by atoms with Gasteiger partial charge in [0.15, 0.2) is 4.75 Å². The molecule has 2 atom stereocenters. The largest absolute Gasteiger partial charge is 0.409 e.